The summed E-state index contributed by atoms with van der Waals surface area (Å²) in [6.45, 7) is 3.95. The highest BCUT2D eigenvalue weighted by Crippen LogP contribution is 2.68. The van der Waals surface area contributed by atoms with Gasteiger partial charge in [-0.1, -0.05) is 19.4 Å². The van der Waals surface area contributed by atoms with Gasteiger partial charge in [0.15, 0.2) is 11.6 Å². The zero-order valence-corrected chi connectivity index (χ0v) is 15.4. The van der Waals surface area contributed by atoms with Crippen LogP contribution in [0.5, 0.6) is 0 Å². The fourth-order valence-electron chi connectivity index (χ4n) is 7.16. The molecule has 3 saturated carbocycles. The highest BCUT2D eigenvalue weighted by molar-refractivity contribution is 5.91. The third-order valence-electron chi connectivity index (χ3n) is 8.69. The maximum Gasteiger partial charge on any atom is 0.161 e. The quantitative estimate of drug-likeness (QED) is 0.806. The van der Waals surface area contributed by atoms with E-state index in [0.29, 0.717) is 25.2 Å². The van der Waals surface area contributed by atoms with Crippen LogP contribution in [0.15, 0.2) is 11.6 Å². The van der Waals surface area contributed by atoms with Gasteiger partial charge in [-0.05, 0) is 68.3 Å². The number of hydrogen-bond acceptors (Lipinski definition) is 4. The molecule has 6 atom stereocenters. The monoisotopic (exact) mass is 346 g/mol. The van der Waals surface area contributed by atoms with Crippen molar-refractivity contribution in [3.8, 4) is 0 Å². The molecule has 0 heterocycles. The van der Waals surface area contributed by atoms with Crippen LogP contribution in [-0.4, -0.2) is 34.0 Å². The van der Waals surface area contributed by atoms with Crippen LogP contribution in [0.3, 0.4) is 0 Å². The Hall–Kier alpha value is -1.00. The Morgan fingerprint density at radius 1 is 1.12 bits per heavy atom. The van der Waals surface area contributed by atoms with Crippen molar-refractivity contribution in [1.82, 2.24) is 0 Å². The number of aliphatic hydroxyl groups excluding tert-OH is 1. The number of Topliss-reactive ketones (excluding diaryl/α,β-unsaturated/α-hetero) is 1. The molecule has 3 fully saturated rings. The van der Waals surface area contributed by atoms with E-state index in [1.165, 1.54) is 5.57 Å². The van der Waals surface area contributed by atoms with Gasteiger partial charge in [-0.2, -0.15) is 0 Å². The van der Waals surface area contributed by atoms with E-state index in [-0.39, 0.29) is 28.8 Å². The van der Waals surface area contributed by atoms with E-state index in [1.54, 1.807) is 0 Å². The van der Waals surface area contributed by atoms with Crippen LogP contribution in [0.25, 0.3) is 0 Å². The van der Waals surface area contributed by atoms with Gasteiger partial charge in [-0.3, -0.25) is 9.59 Å². The summed E-state index contributed by atoms with van der Waals surface area (Å²) >= 11 is 0. The molecule has 0 aromatic carbocycles. The molecule has 0 unspecified atom stereocenters. The van der Waals surface area contributed by atoms with E-state index < -0.39 is 17.6 Å². The van der Waals surface area contributed by atoms with Gasteiger partial charge in [-0.15, -0.1) is 0 Å². The largest absolute Gasteiger partial charge is 0.389 e. The second-order valence-corrected chi connectivity index (χ2v) is 9.40. The maximum absolute atomic E-state index is 12.3. The van der Waals surface area contributed by atoms with Crippen molar-refractivity contribution in [2.24, 2.45) is 28.6 Å². The predicted octanol–water partition coefficient (Wildman–Crippen LogP) is 2.81. The zero-order chi connectivity index (χ0) is 18.0. The summed E-state index contributed by atoms with van der Waals surface area (Å²) in [5.74, 6) is 0.503. The smallest absolute Gasteiger partial charge is 0.161 e. The first kappa shape index (κ1) is 17.4. The number of ketones is 2. The third kappa shape index (κ3) is 2.13. The second kappa shape index (κ2) is 5.50. The van der Waals surface area contributed by atoms with Crippen LogP contribution in [0, 0.1) is 28.6 Å². The van der Waals surface area contributed by atoms with Gasteiger partial charge in [0.25, 0.3) is 0 Å². The molecule has 4 aliphatic carbocycles. The summed E-state index contributed by atoms with van der Waals surface area (Å²) in [7, 11) is 0. The van der Waals surface area contributed by atoms with E-state index in [9.17, 15) is 19.8 Å². The molecule has 138 valence electrons. The van der Waals surface area contributed by atoms with Gasteiger partial charge >= 0.3 is 0 Å². The third-order valence-corrected chi connectivity index (χ3v) is 8.69. The van der Waals surface area contributed by atoms with Crippen molar-refractivity contribution < 1.29 is 19.8 Å². The molecule has 4 heteroatoms. The molecule has 0 aromatic rings. The van der Waals surface area contributed by atoms with E-state index >= 15 is 0 Å². The first-order valence-electron chi connectivity index (χ1n) is 9.86. The normalized spacial score (nSPS) is 49.0. The molecular weight excluding hydrogens is 316 g/mol. The number of carbonyl (C=O) groups excluding carboxylic acids is 2. The van der Waals surface area contributed by atoms with E-state index in [1.807, 2.05) is 6.08 Å². The fourth-order valence-corrected chi connectivity index (χ4v) is 7.16. The Kier molecular flexibility index (Phi) is 3.83. The highest BCUT2D eigenvalue weighted by atomic mass is 16.3. The van der Waals surface area contributed by atoms with Crippen molar-refractivity contribution in [2.75, 3.05) is 6.61 Å². The second-order valence-electron chi connectivity index (χ2n) is 9.40. The average Bonchev–Trinajstić information content (AvgIpc) is 2.86. The molecule has 4 rings (SSSR count). The Bertz CT molecular complexity index is 652. The van der Waals surface area contributed by atoms with Gasteiger partial charge in [0, 0.05) is 17.8 Å². The number of fused-ring (bicyclic) bond motifs is 5. The molecular formula is C21H30O4. The molecule has 4 aliphatic rings. The van der Waals surface area contributed by atoms with Crippen LogP contribution < -0.4 is 0 Å². The predicted molar refractivity (Wildman–Crippen MR) is 93.8 cm³/mol. The summed E-state index contributed by atoms with van der Waals surface area (Å²) in [5.41, 5.74) is 0.0721. The number of hydrogen-bond donors (Lipinski definition) is 2. The zero-order valence-electron chi connectivity index (χ0n) is 15.4. The molecule has 25 heavy (non-hydrogen) atoms. The van der Waals surface area contributed by atoms with Crippen LogP contribution >= 0.6 is 0 Å². The molecule has 4 nitrogen and oxygen atoms in total. The summed E-state index contributed by atoms with van der Waals surface area (Å²) in [4.78, 5) is 24.2. The summed E-state index contributed by atoms with van der Waals surface area (Å²) in [6.07, 6.45) is 8.37. The lowest BCUT2D eigenvalue weighted by atomic mass is 9.45. The van der Waals surface area contributed by atoms with E-state index in [2.05, 4.69) is 13.8 Å². The molecule has 2 N–H and O–H groups in total. The van der Waals surface area contributed by atoms with Gasteiger partial charge in [-0.25, -0.2) is 0 Å². The lowest BCUT2D eigenvalue weighted by Crippen LogP contribution is -2.61. The highest BCUT2D eigenvalue weighted by Gasteiger charge is 2.67. The number of aliphatic hydroxyl groups is 2. The van der Waals surface area contributed by atoms with Crippen LogP contribution in [-0.2, 0) is 9.59 Å². The number of rotatable bonds is 2. The fraction of sp³-hybridized carbons (Fsp3) is 0.810. The first-order chi connectivity index (χ1) is 11.8. The molecule has 0 bridgehead atoms. The van der Waals surface area contributed by atoms with Crippen molar-refractivity contribution in [3.05, 3.63) is 11.6 Å². The average molecular weight is 346 g/mol. The first-order valence-corrected chi connectivity index (χ1v) is 9.86. The summed E-state index contributed by atoms with van der Waals surface area (Å²) in [5, 5.41) is 21.2. The van der Waals surface area contributed by atoms with Crippen LogP contribution in [0.1, 0.15) is 65.2 Å². The van der Waals surface area contributed by atoms with Crippen LogP contribution in [0.4, 0.5) is 0 Å². The lowest BCUT2D eigenvalue weighted by Gasteiger charge is -2.61. The number of carbonyl (C=O) groups is 2. The Balaban J connectivity index is 1.71. The lowest BCUT2D eigenvalue weighted by molar-refractivity contribution is -0.186. The Morgan fingerprint density at radius 2 is 1.88 bits per heavy atom. The molecule has 0 amide bonds. The van der Waals surface area contributed by atoms with Gasteiger partial charge in [0.1, 0.15) is 6.61 Å². The Labute approximate surface area is 149 Å². The molecule has 0 radical (unpaired) electrons. The summed E-state index contributed by atoms with van der Waals surface area (Å²) < 4.78 is 0. The maximum atomic E-state index is 12.3. The van der Waals surface area contributed by atoms with Crippen LogP contribution in [0.2, 0.25) is 0 Å². The molecule has 0 spiro atoms. The summed E-state index contributed by atoms with van der Waals surface area (Å²) in [6, 6.07) is 0. The topological polar surface area (TPSA) is 74.6 Å². The number of allylic oxidation sites excluding steroid dienone is 1. The van der Waals surface area contributed by atoms with Crippen molar-refractivity contribution in [1.29, 1.82) is 0 Å². The van der Waals surface area contributed by atoms with Gasteiger partial charge in [0.05, 0.1) is 5.60 Å². The minimum absolute atomic E-state index is 0.0208. The molecule has 0 aliphatic heterocycles. The van der Waals surface area contributed by atoms with E-state index in [0.717, 1.165) is 32.1 Å². The molecule has 0 saturated heterocycles. The Morgan fingerprint density at radius 3 is 2.60 bits per heavy atom. The van der Waals surface area contributed by atoms with Crippen molar-refractivity contribution in [3.63, 3.8) is 0 Å². The van der Waals surface area contributed by atoms with E-state index in [4.69, 9.17) is 0 Å². The van der Waals surface area contributed by atoms with Crippen molar-refractivity contribution >= 4 is 11.6 Å². The minimum atomic E-state index is -0.818. The minimum Gasteiger partial charge on any atom is -0.389 e. The van der Waals surface area contributed by atoms with Crippen molar-refractivity contribution in [2.45, 2.75) is 70.8 Å². The standard InChI is InChI=1S/C21H30O4/c1-19-8-5-14(23)11-13(19)3-4-16-15(19)6-9-20(2)17(18(24)12-22)7-10-21(16,20)25/h11,15-17,22,25H,3-10,12H2,1-2H3/t15-,16+,17+,19+,20-,21+/m1/s1. The van der Waals surface area contributed by atoms with Gasteiger partial charge in [0.2, 0.25) is 0 Å². The SMILES string of the molecule is C[C@]12CCC(=O)C=C1CC[C@H]1[C@H]2CC[C@]2(C)[C@H](C(=O)CO)CC[C@]12O. The van der Waals surface area contributed by atoms with Gasteiger partial charge < -0.3 is 10.2 Å². The molecule has 0 aromatic heterocycles.